The van der Waals surface area contributed by atoms with E-state index in [4.69, 9.17) is 14.2 Å². The molecule has 5 nitrogen and oxygen atoms in total. The van der Waals surface area contributed by atoms with Crippen molar-refractivity contribution in [3.63, 3.8) is 0 Å². The van der Waals surface area contributed by atoms with Gasteiger partial charge in [-0.05, 0) is 42.9 Å². The van der Waals surface area contributed by atoms with Crippen molar-refractivity contribution >= 4 is 5.97 Å². The molecule has 2 saturated carbocycles. The molecule has 1 saturated heterocycles. The SMILES string of the molecule is C=C1OC2(C[C@H]3C[C@@H](OC(=O)c4ccccc4)[C@H](/C=C/[C@@H](O)[C@@H](C)CC#CCC)[C@H]3C2)O1. The highest BCUT2D eigenvalue weighted by Crippen LogP contribution is 2.58. The average Bonchev–Trinajstić information content (AvgIpc) is 3.27. The molecule has 0 unspecified atom stereocenters. The van der Waals surface area contributed by atoms with E-state index in [1.165, 1.54) is 0 Å². The molecule has 0 aromatic heterocycles. The van der Waals surface area contributed by atoms with E-state index in [2.05, 4.69) is 18.4 Å². The Kier molecular flexibility index (Phi) is 6.62. The van der Waals surface area contributed by atoms with Gasteiger partial charge in [0, 0.05) is 31.6 Å². The number of fused-ring (bicyclic) bond motifs is 1. The smallest absolute Gasteiger partial charge is 0.338 e. The first kappa shape index (κ1) is 22.5. The molecule has 4 rings (SSSR count). The van der Waals surface area contributed by atoms with Crippen LogP contribution in [0.4, 0.5) is 0 Å². The second-order valence-electron chi connectivity index (χ2n) is 9.21. The molecule has 5 heteroatoms. The molecule has 1 aliphatic heterocycles. The van der Waals surface area contributed by atoms with Crippen LogP contribution in [0.3, 0.4) is 0 Å². The first-order valence-electron chi connectivity index (χ1n) is 11.6. The van der Waals surface area contributed by atoms with Crippen LogP contribution >= 0.6 is 0 Å². The number of benzene rings is 1. The normalized spacial score (nSPS) is 29.3. The Balaban J connectivity index is 1.47. The third-order valence-electron chi connectivity index (χ3n) is 6.89. The highest BCUT2D eigenvalue weighted by Gasteiger charge is 2.60. The number of carbonyl (C=O) groups is 1. The zero-order valence-electron chi connectivity index (χ0n) is 18.8. The highest BCUT2D eigenvalue weighted by molar-refractivity contribution is 5.89. The Morgan fingerprint density at radius 1 is 1.31 bits per heavy atom. The van der Waals surface area contributed by atoms with Gasteiger partial charge >= 0.3 is 5.97 Å². The minimum Gasteiger partial charge on any atom is -0.458 e. The summed E-state index contributed by atoms with van der Waals surface area (Å²) in [7, 11) is 0. The number of rotatable bonds is 6. The zero-order valence-corrected chi connectivity index (χ0v) is 18.8. The Labute approximate surface area is 190 Å². The molecule has 2 aliphatic carbocycles. The molecule has 3 aliphatic rings. The van der Waals surface area contributed by atoms with E-state index in [9.17, 15) is 9.90 Å². The van der Waals surface area contributed by atoms with Crippen molar-refractivity contribution in [2.75, 3.05) is 0 Å². The van der Waals surface area contributed by atoms with Crippen molar-refractivity contribution in [1.29, 1.82) is 0 Å². The molecular weight excluding hydrogens is 404 g/mol. The van der Waals surface area contributed by atoms with Crippen molar-refractivity contribution in [1.82, 2.24) is 0 Å². The van der Waals surface area contributed by atoms with Gasteiger partial charge in [-0.3, -0.25) is 0 Å². The standard InChI is InChI=1S/C27H32O5/c1-4-5-7-10-18(2)24(28)14-13-22-23-17-27(31-19(3)32-27)16-21(23)15-25(22)30-26(29)20-11-8-6-9-12-20/h6,8-9,11-14,18,21-25,28H,3-4,10,15-17H2,1-2H3/b14-13+/t18-,21+,22+,23-,24+,25+/m0/s1. The molecule has 1 N–H and O–H groups in total. The molecule has 0 amide bonds. The maximum absolute atomic E-state index is 12.7. The largest absolute Gasteiger partial charge is 0.458 e. The summed E-state index contributed by atoms with van der Waals surface area (Å²) in [6.07, 6.45) is 6.77. The monoisotopic (exact) mass is 436 g/mol. The van der Waals surface area contributed by atoms with E-state index in [0.717, 1.165) is 25.7 Å². The number of ether oxygens (including phenoxy) is 3. The second-order valence-corrected chi connectivity index (χ2v) is 9.21. The second kappa shape index (κ2) is 9.42. The van der Waals surface area contributed by atoms with Crippen LogP contribution in [0.5, 0.6) is 0 Å². The van der Waals surface area contributed by atoms with Crippen LogP contribution < -0.4 is 0 Å². The summed E-state index contributed by atoms with van der Waals surface area (Å²) in [6.45, 7) is 7.73. The lowest BCUT2D eigenvalue weighted by Gasteiger charge is -2.41. The van der Waals surface area contributed by atoms with E-state index in [1.807, 2.05) is 44.2 Å². The summed E-state index contributed by atoms with van der Waals surface area (Å²) in [5.74, 6) is 6.27. The Hall–Kier alpha value is -2.71. The number of hydrogen-bond donors (Lipinski definition) is 1. The molecule has 6 atom stereocenters. The zero-order chi connectivity index (χ0) is 22.7. The highest BCUT2D eigenvalue weighted by atomic mass is 16.9. The van der Waals surface area contributed by atoms with Crippen LogP contribution in [0.1, 0.15) is 56.3 Å². The van der Waals surface area contributed by atoms with Crippen molar-refractivity contribution in [3.05, 3.63) is 60.6 Å². The van der Waals surface area contributed by atoms with Crippen molar-refractivity contribution in [3.8, 4) is 11.8 Å². The van der Waals surface area contributed by atoms with E-state index in [-0.39, 0.29) is 29.8 Å². The maximum atomic E-state index is 12.7. The summed E-state index contributed by atoms with van der Waals surface area (Å²) >= 11 is 0. The van der Waals surface area contributed by atoms with Gasteiger partial charge in [-0.25, -0.2) is 4.79 Å². The molecule has 1 spiro atoms. The van der Waals surface area contributed by atoms with Gasteiger partial charge in [-0.15, -0.1) is 11.8 Å². The van der Waals surface area contributed by atoms with Crippen molar-refractivity contribution < 1.29 is 24.1 Å². The fourth-order valence-corrected chi connectivity index (χ4v) is 5.27. The van der Waals surface area contributed by atoms with Crippen LogP contribution in [0, 0.1) is 35.5 Å². The molecule has 0 radical (unpaired) electrons. The lowest BCUT2D eigenvalue weighted by atomic mass is 9.89. The van der Waals surface area contributed by atoms with Gasteiger partial charge in [0.05, 0.1) is 11.7 Å². The Bertz CT molecular complexity index is 916. The maximum Gasteiger partial charge on any atom is 0.338 e. The molecule has 32 heavy (non-hydrogen) atoms. The number of carbonyl (C=O) groups excluding carboxylic acids is 1. The Morgan fingerprint density at radius 2 is 2.06 bits per heavy atom. The molecule has 1 aromatic carbocycles. The third-order valence-corrected chi connectivity index (χ3v) is 6.89. The first-order valence-corrected chi connectivity index (χ1v) is 11.6. The predicted molar refractivity (Wildman–Crippen MR) is 121 cm³/mol. The minimum absolute atomic E-state index is 0.00308. The van der Waals surface area contributed by atoms with Gasteiger partial charge in [-0.1, -0.05) is 44.2 Å². The molecule has 170 valence electrons. The molecule has 1 aromatic rings. The van der Waals surface area contributed by atoms with Gasteiger partial charge in [0.1, 0.15) is 6.10 Å². The molecule has 0 bridgehead atoms. The minimum atomic E-state index is -0.600. The van der Waals surface area contributed by atoms with E-state index in [0.29, 0.717) is 23.8 Å². The van der Waals surface area contributed by atoms with E-state index in [1.54, 1.807) is 12.1 Å². The van der Waals surface area contributed by atoms with E-state index >= 15 is 0 Å². The average molecular weight is 437 g/mol. The fourth-order valence-electron chi connectivity index (χ4n) is 5.27. The van der Waals surface area contributed by atoms with Crippen LogP contribution in [0.25, 0.3) is 0 Å². The lowest BCUT2D eigenvalue weighted by molar-refractivity contribution is -0.332. The summed E-state index contributed by atoms with van der Waals surface area (Å²) in [4.78, 5) is 12.7. The summed E-state index contributed by atoms with van der Waals surface area (Å²) in [5, 5.41) is 10.6. The van der Waals surface area contributed by atoms with Crippen LogP contribution in [0.15, 0.2) is 55.0 Å². The molecular formula is C27H32O5. The van der Waals surface area contributed by atoms with Crippen molar-refractivity contribution in [2.45, 2.75) is 63.9 Å². The van der Waals surface area contributed by atoms with Crippen LogP contribution in [0.2, 0.25) is 0 Å². The first-order chi connectivity index (χ1) is 15.4. The van der Waals surface area contributed by atoms with Gasteiger partial charge in [0.25, 0.3) is 11.7 Å². The number of esters is 1. The summed E-state index contributed by atoms with van der Waals surface area (Å²) in [6, 6.07) is 9.07. The quantitative estimate of drug-likeness (QED) is 0.393. The van der Waals surface area contributed by atoms with Gasteiger partial charge in [0.2, 0.25) is 0 Å². The Morgan fingerprint density at radius 3 is 2.75 bits per heavy atom. The topological polar surface area (TPSA) is 65.0 Å². The number of aliphatic hydroxyl groups is 1. The van der Waals surface area contributed by atoms with Gasteiger partial charge in [0.15, 0.2) is 0 Å². The fraction of sp³-hybridized carbons (Fsp3) is 0.519. The summed E-state index contributed by atoms with van der Waals surface area (Å²) in [5.41, 5.74) is 0.550. The van der Waals surface area contributed by atoms with Gasteiger partial charge < -0.3 is 19.3 Å². The third kappa shape index (κ3) is 4.71. The van der Waals surface area contributed by atoms with Crippen molar-refractivity contribution in [2.24, 2.45) is 23.7 Å². The van der Waals surface area contributed by atoms with Crippen LogP contribution in [-0.2, 0) is 14.2 Å². The predicted octanol–water partition coefficient (Wildman–Crippen LogP) is 4.83. The lowest BCUT2D eigenvalue weighted by Crippen LogP contribution is -2.43. The number of aliphatic hydroxyl groups excluding tert-OH is 1. The van der Waals surface area contributed by atoms with Crippen LogP contribution in [-0.4, -0.2) is 29.1 Å². The van der Waals surface area contributed by atoms with E-state index < -0.39 is 11.9 Å². The number of hydrogen-bond acceptors (Lipinski definition) is 5. The van der Waals surface area contributed by atoms with Gasteiger partial charge in [-0.2, -0.15) is 0 Å². The molecule has 1 heterocycles. The summed E-state index contributed by atoms with van der Waals surface area (Å²) < 4.78 is 17.5. The molecule has 3 fully saturated rings.